The molecule has 2 nitrogen and oxygen atoms in total. The van der Waals surface area contributed by atoms with Crippen molar-refractivity contribution in [3.63, 3.8) is 0 Å². The minimum Gasteiger partial charge on any atom is -0.496 e. The molecule has 5 radical (unpaired) electrons. The molecule has 95 valence electrons. The number of Topliss-reactive ketones (excluding diaryl/α,β-unsaturated/α-hetero) is 1. The zero-order valence-electron chi connectivity index (χ0n) is 10.8. The third-order valence-corrected chi connectivity index (χ3v) is 3.56. The lowest BCUT2D eigenvalue weighted by Crippen LogP contribution is -2.15. The molecule has 0 saturated heterocycles. The zero-order valence-corrected chi connectivity index (χ0v) is 10.8. The molecular formula is C17H15O2. The molecule has 2 aliphatic carbocycles. The highest BCUT2D eigenvalue weighted by molar-refractivity contribution is 6.11. The van der Waals surface area contributed by atoms with Crippen LogP contribution in [0.3, 0.4) is 0 Å². The molecule has 0 spiro atoms. The van der Waals surface area contributed by atoms with Crippen LogP contribution in [-0.4, -0.2) is 12.9 Å². The number of ketones is 1. The molecular weight excluding hydrogens is 236 g/mol. The molecule has 0 unspecified atom stereocenters. The van der Waals surface area contributed by atoms with Crippen LogP contribution in [0.25, 0.3) is 0 Å². The fourth-order valence-electron chi connectivity index (χ4n) is 2.60. The summed E-state index contributed by atoms with van der Waals surface area (Å²) in [4.78, 5) is 12.5. The van der Waals surface area contributed by atoms with Gasteiger partial charge < -0.3 is 4.74 Å². The van der Waals surface area contributed by atoms with Gasteiger partial charge in [-0.1, -0.05) is 18.2 Å². The van der Waals surface area contributed by atoms with Crippen molar-refractivity contribution >= 4 is 5.78 Å². The maximum Gasteiger partial charge on any atom is 0.189 e. The molecule has 0 aromatic heterocycles. The predicted octanol–water partition coefficient (Wildman–Crippen LogP) is 3.16. The van der Waals surface area contributed by atoms with Crippen molar-refractivity contribution in [1.82, 2.24) is 0 Å². The van der Waals surface area contributed by atoms with Crippen molar-refractivity contribution in [2.45, 2.75) is 12.8 Å². The Kier molecular flexibility index (Phi) is 3.41. The van der Waals surface area contributed by atoms with Crippen molar-refractivity contribution in [3.8, 4) is 5.75 Å². The second-order valence-corrected chi connectivity index (χ2v) is 4.70. The maximum atomic E-state index is 12.5. The van der Waals surface area contributed by atoms with Gasteiger partial charge in [0.2, 0.25) is 0 Å². The number of carbonyl (C=O) groups is 1. The lowest BCUT2D eigenvalue weighted by Gasteiger charge is -2.20. The van der Waals surface area contributed by atoms with E-state index in [1.807, 2.05) is 50.0 Å². The van der Waals surface area contributed by atoms with Crippen molar-refractivity contribution in [2.75, 3.05) is 7.11 Å². The Morgan fingerprint density at radius 3 is 2.68 bits per heavy atom. The van der Waals surface area contributed by atoms with Crippen LogP contribution in [0.1, 0.15) is 22.3 Å². The lowest BCUT2D eigenvalue weighted by atomic mass is 9.84. The summed E-state index contributed by atoms with van der Waals surface area (Å²) in [5.41, 5.74) is 2.70. The number of carbonyl (C=O) groups excluding carboxylic acids is 1. The molecule has 1 saturated carbocycles. The Morgan fingerprint density at radius 2 is 1.95 bits per heavy atom. The van der Waals surface area contributed by atoms with Crippen LogP contribution in [0, 0.1) is 31.6 Å². The van der Waals surface area contributed by atoms with E-state index in [1.54, 1.807) is 7.11 Å². The van der Waals surface area contributed by atoms with Gasteiger partial charge in [-0.05, 0) is 50.2 Å². The normalized spacial score (nSPS) is 21.7. The van der Waals surface area contributed by atoms with Crippen molar-refractivity contribution in [2.24, 2.45) is 0 Å². The van der Waals surface area contributed by atoms with Crippen LogP contribution >= 0.6 is 0 Å². The van der Waals surface area contributed by atoms with Gasteiger partial charge in [0.05, 0.1) is 7.11 Å². The number of hydrogen-bond donors (Lipinski definition) is 0. The number of allylic oxidation sites excluding steroid dienone is 2. The van der Waals surface area contributed by atoms with Crippen LogP contribution in [0.15, 0.2) is 29.8 Å². The van der Waals surface area contributed by atoms with Gasteiger partial charge in [0.15, 0.2) is 5.78 Å². The predicted molar refractivity (Wildman–Crippen MR) is 74.2 cm³/mol. The third-order valence-electron chi connectivity index (χ3n) is 3.56. The number of rotatable bonds is 2. The fraction of sp³-hybridized carbons (Fsp3) is 0.176. The number of ether oxygens (including phenoxy) is 1. The molecule has 1 aromatic carbocycles. The minimum atomic E-state index is 0.126. The summed E-state index contributed by atoms with van der Waals surface area (Å²) in [6.45, 7) is 0. The first kappa shape index (κ1) is 12.5. The maximum absolute atomic E-state index is 12.5. The molecule has 3 rings (SSSR count). The zero-order chi connectivity index (χ0) is 13.2. The highest BCUT2D eigenvalue weighted by Crippen LogP contribution is 2.34. The van der Waals surface area contributed by atoms with Gasteiger partial charge in [-0.25, -0.2) is 0 Å². The van der Waals surface area contributed by atoms with E-state index in [2.05, 4.69) is 0 Å². The molecule has 2 aliphatic rings. The van der Waals surface area contributed by atoms with Crippen molar-refractivity contribution in [1.29, 1.82) is 0 Å². The van der Waals surface area contributed by atoms with Crippen LogP contribution in [0.2, 0.25) is 0 Å². The second-order valence-electron chi connectivity index (χ2n) is 4.70. The van der Waals surface area contributed by atoms with E-state index in [0.29, 0.717) is 0 Å². The van der Waals surface area contributed by atoms with E-state index in [9.17, 15) is 4.79 Å². The third kappa shape index (κ3) is 2.32. The first-order chi connectivity index (χ1) is 9.29. The standard InChI is InChI=1S/C17H15O2/c1-19-16-8-4-7-15-14(16)10-9-13(17(15)18)11-12-5-2-3-6-12/h2-8,11H,9-10H2,1H3/b13-11+. The molecule has 0 N–H and O–H groups in total. The smallest absolute Gasteiger partial charge is 0.189 e. The molecule has 19 heavy (non-hydrogen) atoms. The Balaban J connectivity index is 1.91. The van der Waals surface area contributed by atoms with Gasteiger partial charge in [-0.2, -0.15) is 0 Å². The monoisotopic (exact) mass is 251 g/mol. The first-order valence-electron chi connectivity index (χ1n) is 6.42. The number of hydrogen-bond acceptors (Lipinski definition) is 2. The van der Waals surface area contributed by atoms with E-state index in [0.717, 1.165) is 41.2 Å². The van der Waals surface area contributed by atoms with Crippen molar-refractivity contribution in [3.05, 3.63) is 72.6 Å². The molecule has 1 aromatic rings. The summed E-state index contributed by atoms with van der Waals surface area (Å²) in [5.74, 6) is 2.04. The van der Waals surface area contributed by atoms with Crippen LogP contribution < -0.4 is 4.74 Å². The van der Waals surface area contributed by atoms with Gasteiger partial charge in [-0.15, -0.1) is 0 Å². The largest absolute Gasteiger partial charge is 0.496 e. The Bertz CT molecular complexity index is 522. The Hall–Kier alpha value is -1.57. The van der Waals surface area contributed by atoms with E-state index in [-0.39, 0.29) is 5.78 Å². The summed E-state index contributed by atoms with van der Waals surface area (Å²) in [6, 6.07) is 5.68. The summed E-state index contributed by atoms with van der Waals surface area (Å²) in [7, 11) is 1.65. The van der Waals surface area contributed by atoms with Gasteiger partial charge in [0, 0.05) is 17.0 Å². The molecule has 0 bridgehead atoms. The Morgan fingerprint density at radius 1 is 1.16 bits per heavy atom. The summed E-state index contributed by atoms with van der Waals surface area (Å²) in [5, 5.41) is 0. The van der Waals surface area contributed by atoms with E-state index in [1.165, 1.54) is 0 Å². The summed E-state index contributed by atoms with van der Waals surface area (Å²) in [6.07, 6.45) is 11.6. The van der Waals surface area contributed by atoms with E-state index in [4.69, 9.17) is 4.74 Å². The van der Waals surface area contributed by atoms with Crippen molar-refractivity contribution < 1.29 is 9.53 Å². The Labute approximate surface area is 114 Å². The van der Waals surface area contributed by atoms with Crippen LogP contribution in [-0.2, 0) is 6.42 Å². The SMILES string of the molecule is COc1cccc2c1CC/C(=C\[C]1[CH][CH][CH][CH]1)C2=O. The molecule has 0 aliphatic heterocycles. The quantitative estimate of drug-likeness (QED) is 0.755. The topological polar surface area (TPSA) is 26.3 Å². The number of benzene rings is 1. The molecule has 1 fully saturated rings. The molecule has 0 amide bonds. The number of fused-ring (bicyclic) bond motifs is 1. The summed E-state index contributed by atoms with van der Waals surface area (Å²) < 4.78 is 5.33. The van der Waals surface area contributed by atoms with Crippen LogP contribution in [0.5, 0.6) is 5.75 Å². The molecule has 2 heteroatoms. The second kappa shape index (κ2) is 5.20. The number of methoxy groups -OCH3 is 1. The van der Waals surface area contributed by atoms with Gasteiger partial charge in [0.1, 0.15) is 5.75 Å². The van der Waals surface area contributed by atoms with Gasteiger partial charge in [-0.3, -0.25) is 4.79 Å². The minimum absolute atomic E-state index is 0.126. The molecule has 0 atom stereocenters. The average Bonchev–Trinajstić information content (AvgIpc) is 2.94. The van der Waals surface area contributed by atoms with E-state index < -0.39 is 0 Å². The lowest BCUT2D eigenvalue weighted by molar-refractivity contribution is 0.102. The highest BCUT2D eigenvalue weighted by Gasteiger charge is 2.26. The first-order valence-corrected chi connectivity index (χ1v) is 6.42. The highest BCUT2D eigenvalue weighted by atomic mass is 16.5. The average molecular weight is 251 g/mol. The molecule has 0 heterocycles. The van der Waals surface area contributed by atoms with Gasteiger partial charge >= 0.3 is 0 Å². The van der Waals surface area contributed by atoms with Crippen LogP contribution in [0.4, 0.5) is 0 Å². The fourth-order valence-corrected chi connectivity index (χ4v) is 2.60. The van der Waals surface area contributed by atoms with Gasteiger partial charge in [0.25, 0.3) is 0 Å². The summed E-state index contributed by atoms with van der Waals surface area (Å²) >= 11 is 0. The van der Waals surface area contributed by atoms with E-state index >= 15 is 0 Å².